The Kier molecular flexibility index (Phi) is 4.12. The van der Waals surface area contributed by atoms with Gasteiger partial charge in [0.25, 0.3) is 0 Å². The second-order valence-corrected chi connectivity index (χ2v) is 6.80. The summed E-state index contributed by atoms with van der Waals surface area (Å²) < 4.78 is 3.12. The first-order valence-electron chi connectivity index (χ1n) is 7.31. The quantitative estimate of drug-likeness (QED) is 0.825. The van der Waals surface area contributed by atoms with E-state index in [1.807, 2.05) is 18.1 Å². The standard InChI is InChI=1S/C14H21BrN4O/c1-17-6-7-18(10-14(17)20)12-2-4-13(5-3-12)19-9-11(15)8-16-19/h8-9,12-13H,2-7,10H2,1H3. The van der Waals surface area contributed by atoms with Crippen molar-refractivity contribution >= 4 is 21.8 Å². The van der Waals surface area contributed by atoms with Crippen molar-refractivity contribution in [2.75, 3.05) is 26.7 Å². The van der Waals surface area contributed by atoms with Crippen LogP contribution >= 0.6 is 15.9 Å². The molecule has 1 saturated carbocycles. The van der Waals surface area contributed by atoms with E-state index >= 15 is 0 Å². The van der Waals surface area contributed by atoms with Crippen LogP contribution in [0.2, 0.25) is 0 Å². The summed E-state index contributed by atoms with van der Waals surface area (Å²) in [5, 5.41) is 4.39. The molecule has 20 heavy (non-hydrogen) atoms. The monoisotopic (exact) mass is 340 g/mol. The van der Waals surface area contributed by atoms with Crippen molar-refractivity contribution in [2.24, 2.45) is 0 Å². The molecule has 0 unspecified atom stereocenters. The van der Waals surface area contributed by atoms with E-state index in [1.165, 1.54) is 12.8 Å². The number of hydrogen-bond acceptors (Lipinski definition) is 3. The maximum absolute atomic E-state index is 11.8. The molecule has 2 heterocycles. The minimum absolute atomic E-state index is 0.259. The molecule has 110 valence electrons. The molecule has 1 aliphatic carbocycles. The zero-order chi connectivity index (χ0) is 14.1. The van der Waals surface area contributed by atoms with Crippen molar-refractivity contribution in [3.05, 3.63) is 16.9 Å². The summed E-state index contributed by atoms with van der Waals surface area (Å²) in [6.45, 7) is 2.48. The Bertz CT molecular complexity index is 481. The van der Waals surface area contributed by atoms with Gasteiger partial charge in [0.15, 0.2) is 0 Å². The Morgan fingerprint density at radius 2 is 1.90 bits per heavy atom. The predicted octanol–water partition coefficient (Wildman–Crippen LogP) is 1.90. The van der Waals surface area contributed by atoms with Crippen LogP contribution in [0.5, 0.6) is 0 Å². The molecule has 0 radical (unpaired) electrons. The van der Waals surface area contributed by atoms with Gasteiger partial charge in [-0.1, -0.05) is 0 Å². The topological polar surface area (TPSA) is 41.4 Å². The lowest BCUT2D eigenvalue weighted by molar-refractivity contribution is -0.135. The number of nitrogens with zero attached hydrogens (tertiary/aromatic N) is 4. The van der Waals surface area contributed by atoms with E-state index in [0.717, 1.165) is 30.4 Å². The zero-order valence-corrected chi connectivity index (χ0v) is 13.4. The molecule has 1 aromatic rings. The van der Waals surface area contributed by atoms with E-state index < -0.39 is 0 Å². The van der Waals surface area contributed by atoms with Crippen molar-refractivity contribution in [3.63, 3.8) is 0 Å². The molecule has 3 rings (SSSR count). The Hall–Kier alpha value is -0.880. The van der Waals surface area contributed by atoms with Crippen molar-refractivity contribution in [3.8, 4) is 0 Å². The summed E-state index contributed by atoms with van der Waals surface area (Å²) in [5.41, 5.74) is 0. The number of rotatable bonds is 2. The van der Waals surface area contributed by atoms with Gasteiger partial charge < -0.3 is 4.90 Å². The molecule has 1 aromatic heterocycles. The van der Waals surface area contributed by atoms with E-state index in [1.54, 1.807) is 0 Å². The predicted molar refractivity (Wildman–Crippen MR) is 80.4 cm³/mol. The molecule has 0 bridgehead atoms. The maximum atomic E-state index is 11.8. The van der Waals surface area contributed by atoms with Crippen LogP contribution in [0, 0.1) is 0 Å². The lowest BCUT2D eigenvalue weighted by Crippen LogP contribution is -2.52. The molecule has 1 aliphatic heterocycles. The van der Waals surface area contributed by atoms with Crippen LogP contribution in [-0.2, 0) is 4.79 Å². The number of carbonyl (C=O) groups excluding carboxylic acids is 1. The highest BCUT2D eigenvalue weighted by molar-refractivity contribution is 9.10. The van der Waals surface area contributed by atoms with E-state index in [-0.39, 0.29) is 5.91 Å². The summed E-state index contributed by atoms with van der Waals surface area (Å²) in [7, 11) is 1.89. The molecule has 1 saturated heterocycles. The number of piperazine rings is 1. The Morgan fingerprint density at radius 1 is 1.20 bits per heavy atom. The SMILES string of the molecule is CN1CCN(C2CCC(n3cc(Br)cn3)CC2)CC1=O. The molecule has 2 fully saturated rings. The number of aromatic nitrogens is 2. The molecule has 0 spiro atoms. The molecule has 0 N–H and O–H groups in total. The highest BCUT2D eigenvalue weighted by Crippen LogP contribution is 2.31. The Balaban J connectivity index is 1.55. The van der Waals surface area contributed by atoms with E-state index in [2.05, 4.69) is 36.8 Å². The fourth-order valence-electron chi connectivity index (χ4n) is 3.29. The summed E-state index contributed by atoms with van der Waals surface area (Å²) in [6.07, 6.45) is 8.55. The van der Waals surface area contributed by atoms with Gasteiger partial charge in [0.1, 0.15) is 0 Å². The first-order chi connectivity index (χ1) is 9.63. The zero-order valence-electron chi connectivity index (χ0n) is 11.8. The maximum Gasteiger partial charge on any atom is 0.236 e. The number of halogens is 1. The van der Waals surface area contributed by atoms with Crippen molar-refractivity contribution in [2.45, 2.75) is 37.8 Å². The Labute approximate surface area is 128 Å². The smallest absolute Gasteiger partial charge is 0.236 e. The molecular formula is C14H21BrN4O. The molecule has 0 aromatic carbocycles. The summed E-state index contributed by atoms with van der Waals surface area (Å²) in [4.78, 5) is 16.0. The third-order valence-electron chi connectivity index (χ3n) is 4.61. The molecule has 5 nitrogen and oxygen atoms in total. The van der Waals surface area contributed by atoms with Crippen molar-refractivity contribution in [1.82, 2.24) is 19.6 Å². The fourth-order valence-corrected chi connectivity index (χ4v) is 3.59. The molecule has 2 aliphatic rings. The summed E-state index contributed by atoms with van der Waals surface area (Å²) >= 11 is 3.45. The van der Waals surface area contributed by atoms with Crippen molar-refractivity contribution in [1.29, 1.82) is 0 Å². The second kappa shape index (κ2) is 5.85. The average molecular weight is 341 g/mol. The van der Waals surface area contributed by atoms with Gasteiger partial charge in [-0.2, -0.15) is 5.10 Å². The number of hydrogen-bond donors (Lipinski definition) is 0. The van der Waals surface area contributed by atoms with Crippen LogP contribution in [0.1, 0.15) is 31.7 Å². The number of amides is 1. The van der Waals surface area contributed by atoms with Gasteiger partial charge in [-0.25, -0.2) is 0 Å². The number of likely N-dealkylation sites (N-methyl/N-ethyl adjacent to an activating group) is 1. The third-order valence-corrected chi connectivity index (χ3v) is 5.02. The van der Waals surface area contributed by atoms with Crippen LogP contribution in [0.3, 0.4) is 0 Å². The second-order valence-electron chi connectivity index (χ2n) is 5.89. The minimum atomic E-state index is 0.259. The first kappa shape index (κ1) is 14.1. The van der Waals surface area contributed by atoms with E-state index in [9.17, 15) is 4.79 Å². The van der Waals surface area contributed by atoms with Crippen LogP contribution in [0.25, 0.3) is 0 Å². The lowest BCUT2D eigenvalue weighted by Gasteiger charge is -2.40. The van der Waals surface area contributed by atoms with Crippen LogP contribution < -0.4 is 0 Å². The minimum Gasteiger partial charge on any atom is -0.343 e. The number of carbonyl (C=O) groups is 1. The van der Waals surface area contributed by atoms with E-state index in [0.29, 0.717) is 18.6 Å². The molecule has 0 atom stereocenters. The van der Waals surface area contributed by atoms with Gasteiger partial charge in [0, 0.05) is 32.4 Å². The molecular weight excluding hydrogens is 320 g/mol. The van der Waals surface area contributed by atoms with Gasteiger partial charge in [0.2, 0.25) is 5.91 Å². The third kappa shape index (κ3) is 2.91. The van der Waals surface area contributed by atoms with Gasteiger partial charge in [0.05, 0.1) is 23.3 Å². The highest BCUT2D eigenvalue weighted by atomic mass is 79.9. The van der Waals surface area contributed by atoms with Crippen LogP contribution in [-0.4, -0.2) is 58.2 Å². The average Bonchev–Trinajstić information content (AvgIpc) is 2.89. The van der Waals surface area contributed by atoms with Crippen LogP contribution in [0.4, 0.5) is 0 Å². The lowest BCUT2D eigenvalue weighted by atomic mass is 9.90. The van der Waals surface area contributed by atoms with Gasteiger partial charge in [-0.05, 0) is 41.6 Å². The van der Waals surface area contributed by atoms with Crippen LogP contribution in [0.15, 0.2) is 16.9 Å². The molecule has 1 amide bonds. The van der Waals surface area contributed by atoms with Gasteiger partial charge >= 0.3 is 0 Å². The van der Waals surface area contributed by atoms with Gasteiger partial charge in [-0.15, -0.1) is 0 Å². The summed E-state index contributed by atoms with van der Waals surface area (Å²) in [5.74, 6) is 0.259. The summed E-state index contributed by atoms with van der Waals surface area (Å²) in [6, 6.07) is 1.09. The normalized spacial score (nSPS) is 28.9. The van der Waals surface area contributed by atoms with Gasteiger partial charge in [-0.3, -0.25) is 14.4 Å². The highest BCUT2D eigenvalue weighted by Gasteiger charge is 2.30. The first-order valence-corrected chi connectivity index (χ1v) is 8.10. The molecule has 6 heteroatoms. The largest absolute Gasteiger partial charge is 0.343 e. The van der Waals surface area contributed by atoms with E-state index in [4.69, 9.17) is 0 Å². The Morgan fingerprint density at radius 3 is 2.50 bits per heavy atom. The van der Waals surface area contributed by atoms with Crippen molar-refractivity contribution < 1.29 is 4.79 Å². The fraction of sp³-hybridized carbons (Fsp3) is 0.714.